The number of fused-ring (bicyclic) bond motifs is 1. The largest absolute Gasteiger partial charge is 0.462 e. The first-order valence-electron chi connectivity index (χ1n) is 4.73. The second-order valence-corrected chi connectivity index (χ2v) is 4.24. The minimum atomic E-state index is -0.129. The Morgan fingerprint density at radius 1 is 1.31 bits per heavy atom. The molecule has 2 aromatic rings. The Kier molecular flexibility index (Phi) is 3.19. The molecule has 0 atom stereocenters. The molecule has 16 heavy (non-hydrogen) atoms. The summed E-state index contributed by atoms with van der Waals surface area (Å²) in [6.45, 7) is 0.393. The second kappa shape index (κ2) is 4.45. The molecule has 1 aromatic heterocycles. The van der Waals surface area contributed by atoms with Gasteiger partial charge in [-0.1, -0.05) is 23.2 Å². The zero-order valence-corrected chi connectivity index (χ0v) is 9.81. The van der Waals surface area contributed by atoms with Crippen LogP contribution in [0.5, 0.6) is 0 Å². The second-order valence-electron chi connectivity index (χ2n) is 3.39. The lowest BCUT2D eigenvalue weighted by molar-refractivity contribution is 0.592. The highest BCUT2D eigenvalue weighted by atomic mass is 35.5. The van der Waals surface area contributed by atoms with Gasteiger partial charge in [0, 0.05) is 10.6 Å². The van der Waals surface area contributed by atoms with Crippen LogP contribution >= 0.6 is 23.2 Å². The van der Waals surface area contributed by atoms with Crippen LogP contribution in [0.1, 0.15) is 5.56 Å². The predicted octanol–water partition coefficient (Wildman–Crippen LogP) is 2.60. The third-order valence-electron chi connectivity index (χ3n) is 2.28. The van der Waals surface area contributed by atoms with Crippen LogP contribution in [0.15, 0.2) is 27.6 Å². The highest BCUT2D eigenvalue weighted by Gasteiger charge is 2.10. The third kappa shape index (κ3) is 1.94. The fourth-order valence-corrected chi connectivity index (χ4v) is 2.07. The van der Waals surface area contributed by atoms with Crippen molar-refractivity contribution in [1.82, 2.24) is 0 Å². The van der Waals surface area contributed by atoms with Crippen LogP contribution in [0.25, 0.3) is 11.0 Å². The van der Waals surface area contributed by atoms with Gasteiger partial charge in [-0.25, -0.2) is 0 Å². The van der Waals surface area contributed by atoms with Crippen LogP contribution in [-0.2, 0) is 6.42 Å². The number of nitrogens with two attached hydrogens (primary N) is 1. The molecule has 3 nitrogen and oxygen atoms in total. The molecule has 1 aromatic carbocycles. The fraction of sp³-hybridized carbons (Fsp3) is 0.182. The number of hydrogen-bond donors (Lipinski definition) is 1. The average Bonchev–Trinajstić information content (AvgIpc) is 2.23. The van der Waals surface area contributed by atoms with Gasteiger partial charge < -0.3 is 10.2 Å². The Hall–Kier alpha value is -1.03. The monoisotopic (exact) mass is 257 g/mol. The Balaban J connectivity index is 2.78. The van der Waals surface area contributed by atoms with Crippen molar-refractivity contribution in [1.29, 1.82) is 0 Å². The van der Waals surface area contributed by atoms with Gasteiger partial charge in [0.05, 0.1) is 16.7 Å². The van der Waals surface area contributed by atoms with Crippen molar-refractivity contribution in [3.8, 4) is 0 Å². The van der Waals surface area contributed by atoms with Crippen molar-refractivity contribution < 1.29 is 4.42 Å². The maximum Gasteiger partial charge on any atom is 0.195 e. The van der Waals surface area contributed by atoms with E-state index in [0.717, 1.165) is 0 Å². The highest BCUT2D eigenvalue weighted by molar-refractivity contribution is 6.38. The van der Waals surface area contributed by atoms with E-state index >= 15 is 0 Å². The molecule has 1 heterocycles. The van der Waals surface area contributed by atoms with E-state index in [1.54, 1.807) is 6.07 Å². The Morgan fingerprint density at radius 3 is 2.75 bits per heavy atom. The van der Waals surface area contributed by atoms with E-state index in [1.165, 1.54) is 12.3 Å². The molecule has 84 valence electrons. The highest BCUT2D eigenvalue weighted by Crippen LogP contribution is 2.26. The van der Waals surface area contributed by atoms with E-state index < -0.39 is 0 Å². The van der Waals surface area contributed by atoms with Crippen molar-refractivity contribution in [2.24, 2.45) is 5.73 Å². The summed E-state index contributed by atoms with van der Waals surface area (Å²) in [7, 11) is 0. The lowest BCUT2D eigenvalue weighted by Crippen LogP contribution is -2.13. The van der Waals surface area contributed by atoms with Crippen LogP contribution < -0.4 is 11.2 Å². The van der Waals surface area contributed by atoms with Gasteiger partial charge in [-0.05, 0) is 25.1 Å². The third-order valence-corrected chi connectivity index (χ3v) is 2.78. The lowest BCUT2D eigenvalue weighted by Gasteiger charge is -2.03. The smallest absolute Gasteiger partial charge is 0.195 e. The minimum Gasteiger partial charge on any atom is -0.462 e. The van der Waals surface area contributed by atoms with Gasteiger partial charge in [0.2, 0.25) is 0 Å². The molecule has 0 spiro atoms. The van der Waals surface area contributed by atoms with E-state index in [2.05, 4.69) is 0 Å². The first-order chi connectivity index (χ1) is 7.63. The van der Waals surface area contributed by atoms with E-state index in [-0.39, 0.29) is 5.43 Å². The van der Waals surface area contributed by atoms with Gasteiger partial charge in [0.15, 0.2) is 11.0 Å². The lowest BCUT2D eigenvalue weighted by atomic mass is 10.1. The molecular formula is C11H9Cl2NO2. The summed E-state index contributed by atoms with van der Waals surface area (Å²) >= 11 is 11.8. The Bertz CT molecular complexity index is 592. The molecule has 2 N–H and O–H groups in total. The summed E-state index contributed by atoms with van der Waals surface area (Å²) in [6.07, 6.45) is 1.87. The number of rotatable bonds is 2. The van der Waals surface area contributed by atoms with Gasteiger partial charge in [0.1, 0.15) is 0 Å². The zero-order chi connectivity index (χ0) is 11.7. The molecule has 5 heteroatoms. The summed E-state index contributed by atoms with van der Waals surface area (Å²) in [5.74, 6) is 0. The topological polar surface area (TPSA) is 56.2 Å². The fourth-order valence-electron chi connectivity index (χ4n) is 1.53. The quantitative estimate of drug-likeness (QED) is 0.900. The van der Waals surface area contributed by atoms with Crippen molar-refractivity contribution in [2.45, 2.75) is 6.42 Å². The predicted molar refractivity (Wildman–Crippen MR) is 65.3 cm³/mol. The number of halogens is 2. The molecule has 0 unspecified atom stereocenters. The summed E-state index contributed by atoms with van der Waals surface area (Å²) in [6, 6.07) is 3.09. The SMILES string of the molecule is NCCc1coc2c(Cl)cc(Cl)cc2c1=O. The van der Waals surface area contributed by atoms with Gasteiger partial charge in [-0.15, -0.1) is 0 Å². The van der Waals surface area contributed by atoms with Crippen LogP contribution in [0.4, 0.5) is 0 Å². The van der Waals surface area contributed by atoms with Gasteiger partial charge in [-0.3, -0.25) is 4.79 Å². The van der Waals surface area contributed by atoms with Crippen LogP contribution in [0.2, 0.25) is 10.0 Å². The molecular weight excluding hydrogens is 249 g/mol. The molecule has 0 aliphatic heterocycles. The van der Waals surface area contributed by atoms with Gasteiger partial charge >= 0.3 is 0 Å². The summed E-state index contributed by atoms with van der Waals surface area (Å²) < 4.78 is 5.32. The molecule has 0 aliphatic carbocycles. The summed E-state index contributed by atoms with van der Waals surface area (Å²) in [5.41, 5.74) is 6.17. The first-order valence-corrected chi connectivity index (χ1v) is 5.48. The molecule has 0 saturated heterocycles. The molecule has 0 aliphatic rings. The molecule has 2 rings (SSSR count). The van der Waals surface area contributed by atoms with Gasteiger partial charge in [0.25, 0.3) is 0 Å². The minimum absolute atomic E-state index is 0.129. The van der Waals surface area contributed by atoms with Crippen LogP contribution in [0, 0.1) is 0 Å². The van der Waals surface area contributed by atoms with Crippen molar-refractivity contribution in [3.05, 3.63) is 44.2 Å². The molecule has 0 radical (unpaired) electrons. The van der Waals surface area contributed by atoms with Crippen molar-refractivity contribution in [3.63, 3.8) is 0 Å². The standard InChI is InChI=1S/C11H9Cl2NO2/c12-7-3-8-10(15)6(1-2-14)5-16-11(8)9(13)4-7/h3-5H,1-2,14H2. The first kappa shape index (κ1) is 11.5. The molecule has 0 amide bonds. The Morgan fingerprint density at radius 2 is 2.06 bits per heavy atom. The molecule has 0 fully saturated rings. The zero-order valence-electron chi connectivity index (χ0n) is 8.30. The normalized spacial score (nSPS) is 10.9. The van der Waals surface area contributed by atoms with E-state index in [1.807, 2.05) is 0 Å². The average molecular weight is 258 g/mol. The van der Waals surface area contributed by atoms with E-state index in [4.69, 9.17) is 33.4 Å². The maximum absolute atomic E-state index is 12.0. The van der Waals surface area contributed by atoms with Crippen molar-refractivity contribution >= 4 is 34.2 Å². The number of hydrogen-bond acceptors (Lipinski definition) is 3. The van der Waals surface area contributed by atoms with Gasteiger partial charge in [-0.2, -0.15) is 0 Å². The van der Waals surface area contributed by atoms with E-state index in [9.17, 15) is 4.79 Å². The van der Waals surface area contributed by atoms with E-state index in [0.29, 0.717) is 39.5 Å². The maximum atomic E-state index is 12.0. The summed E-state index contributed by atoms with van der Waals surface area (Å²) in [4.78, 5) is 12.0. The Labute approximate surface area is 102 Å². The molecule has 0 bridgehead atoms. The van der Waals surface area contributed by atoms with Crippen LogP contribution in [-0.4, -0.2) is 6.54 Å². The number of benzene rings is 1. The summed E-state index contributed by atoms with van der Waals surface area (Å²) in [5, 5.41) is 1.14. The molecule has 0 saturated carbocycles. The van der Waals surface area contributed by atoms with Crippen LogP contribution in [0.3, 0.4) is 0 Å². The van der Waals surface area contributed by atoms with Crippen molar-refractivity contribution in [2.75, 3.05) is 6.54 Å².